The van der Waals surface area contributed by atoms with Gasteiger partial charge in [0.05, 0.1) is 18.2 Å². The predicted octanol–water partition coefficient (Wildman–Crippen LogP) is 4.62. The summed E-state index contributed by atoms with van der Waals surface area (Å²) in [6.45, 7) is 2.10. The van der Waals surface area contributed by atoms with E-state index in [-0.39, 0.29) is 6.04 Å². The number of nitrogens with one attached hydrogen (secondary N) is 2. The van der Waals surface area contributed by atoms with Crippen molar-refractivity contribution in [3.63, 3.8) is 0 Å². The average molecular weight is 372 g/mol. The zero-order valence-electron chi connectivity index (χ0n) is 15.6. The van der Waals surface area contributed by atoms with Crippen LogP contribution in [-0.2, 0) is 0 Å². The molecule has 4 rings (SSSR count). The van der Waals surface area contributed by atoms with Crippen LogP contribution in [0.2, 0.25) is 0 Å². The van der Waals surface area contributed by atoms with Crippen molar-refractivity contribution in [3.8, 4) is 17.0 Å². The summed E-state index contributed by atoms with van der Waals surface area (Å²) in [5.41, 5.74) is 4.18. The summed E-state index contributed by atoms with van der Waals surface area (Å²) in [7, 11) is 1.59. The highest BCUT2D eigenvalue weighted by Crippen LogP contribution is 2.34. The van der Waals surface area contributed by atoms with Crippen LogP contribution >= 0.6 is 0 Å². The second-order valence-electron chi connectivity index (χ2n) is 6.52. The molecule has 2 heterocycles. The number of carbonyl (C=O) groups is 1. The number of methoxy groups -OCH3 is 1. The van der Waals surface area contributed by atoms with Gasteiger partial charge in [0, 0.05) is 17.2 Å². The van der Waals surface area contributed by atoms with Gasteiger partial charge < -0.3 is 15.0 Å². The number of aldehydes is 1. The predicted molar refractivity (Wildman–Crippen MR) is 110 cm³/mol. The second kappa shape index (κ2) is 7.52. The summed E-state index contributed by atoms with van der Waals surface area (Å²) < 4.78 is 5.46. The molecule has 2 aromatic carbocycles. The van der Waals surface area contributed by atoms with Crippen LogP contribution in [0.4, 0.5) is 5.82 Å². The first-order valence-electron chi connectivity index (χ1n) is 8.98. The fourth-order valence-electron chi connectivity index (χ4n) is 3.23. The van der Waals surface area contributed by atoms with Crippen LogP contribution in [-0.4, -0.2) is 28.3 Å². The number of ether oxygens (including phenoxy) is 1. The summed E-state index contributed by atoms with van der Waals surface area (Å²) in [5.74, 6) is 1.38. The molecular weight excluding hydrogens is 352 g/mol. The molecule has 2 N–H and O–H groups in total. The second-order valence-corrected chi connectivity index (χ2v) is 6.52. The minimum atomic E-state index is 0.0964. The maximum atomic E-state index is 11.0. The van der Waals surface area contributed by atoms with Crippen molar-refractivity contribution in [1.82, 2.24) is 15.0 Å². The lowest BCUT2D eigenvalue weighted by Crippen LogP contribution is -2.08. The Labute approximate surface area is 162 Å². The van der Waals surface area contributed by atoms with Crippen LogP contribution in [0.1, 0.15) is 28.9 Å². The minimum Gasteiger partial charge on any atom is -0.496 e. The third kappa shape index (κ3) is 3.32. The molecule has 1 unspecified atom stereocenters. The average Bonchev–Trinajstić information content (AvgIpc) is 3.19. The Morgan fingerprint density at radius 1 is 1.11 bits per heavy atom. The molecule has 6 heteroatoms. The molecule has 0 aliphatic carbocycles. The molecular formula is C22H20N4O2. The van der Waals surface area contributed by atoms with Crippen molar-refractivity contribution >= 4 is 23.1 Å². The van der Waals surface area contributed by atoms with E-state index in [0.29, 0.717) is 11.3 Å². The van der Waals surface area contributed by atoms with Crippen LogP contribution in [0.25, 0.3) is 22.3 Å². The minimum absolute atomic E-state index is 0.0964. The van der Waals surface area contributed by atoms with Gasteiger partial charge in [0.15, 0.2) is 0 Å². The first kappa shape index (κ1) is 17.7. The third-order valence-corrected chi connectivity index (χ3v) is 4.73. The Balaban J connectivity index is 1.73. The summed E-state index contributed by atoms with van der Waals surface area (Å²) in [6, 6.07) is 17.6. The molecule has 28 heavy (non-hydrogen) atoms. The number of fused-ring (bicyclic) bond motifs is 1. The Hall–Kier alpha value is -3.67. The molecule has 0 aliphatic heterocycles. The lowest BCUT2D eigenvalue weighted by Gasteiger charge is -2.15. The van der Waals surface area contributed by atoms with Crippen LogP contribution in [0.3, 0.4) is 0 Å². The lowest BCUT2D eigenvalue weighted by molar-refractivity contribution is 0.112. The fourth-order valence-corrected chi connectivity index (χ4v) is 3.23. The normalized spacial score (nSPS) is 11.9. The summed E-state index contributed by atoms with van der Waals surface area (Å²) >= 11 is 0. The molecule has 0 saturated heterocycles. The van der Waals surface area contributed by atoms with Gasteiger partial charge >= 0.3 is 0 Å². The Bertz CT molecular complexity index is 1120. The van der Waals surface area contributed by atoms with Gasteiger partial charge in [-0.25, -0.2) is 9.97 Å². The molecule has 6 nitrogen and oxygen atoms in total. The van der Waals surface area contributed by atoms with Gasteiger partial charge in [0.2, 0.25) is 0 Å². The number of rotatable bonds is 6. The Morgan fingerprint density at radius 3 is 2.68 bits per heavy atom. The highest BCUT2D eigenvalue weighted by molar-refractivity contribution is 5.92. The number of nitrogens with zero attached hydrogens (tertiary/aromatic N) is 2. The summed E-state index contributed by atoms with van der Waals surface area (Å²) in [5, 5.41) is 4.35. The molecule has 0 amide bonds. The maximum absolute atomic E-state index is 11.0. The number of anilines is 1. The van der Waals surface area contributed by atoms with Gasteiger partial charge in [-0.15, -0.1) is 0 Å². The monoisotopic (exact) mass is 372 g/mol. The van der Waals surface area contributed by atoms with Gasteiger partial charge in [0.1, 0.15) is 29.8 Å². The van der Waals surface area contributed by atoms with Gasteiger partial charge in [0.25, 0.3) is 0 Å². The summed E-state index contributed by atoms with van der Waals surface area (Å²) in [4.78, 5) is 23.1. The molecule has 140 valence electrons. The van der Waals surface area contributed by atoms with Crippen LogP contribution in [0.5, 0.6) is 5.75 Å². The highest BCUT2D eigenvalue weighted by atomic mass is 16.5. The number of benzene rings is 2. The van der Waals surface area contributed by atoms with Crippen LogP contribution < -0.4 is 10.1 Å². The maximum Gasteiger partial charge on any atom is 0.150 e. The van der Waals surface area contributed by atoms with E-state index in [9.17, 15) is 4.79 Å². The van der Waals surface area contributed by atoms with Crippen molar-refractivity contribution < 1.29 is 9.53 Å². The van der Waals surface area contributed by atoms with Gasteiger partial charge in [-0.2, -0.15) is 0 Å². The zero-order valence-corrected chi connectivity index (χ0v) is 15.6. The number of aromatic nitrogens is 3. The van der Waals surface area contributed by atoms with E-state index in [1.807, 2.05) is 30.3 Å². The van der Waals surface area contributed by atoms with E-state index >= 15 is 0 Å². The number of carbonyl (C=O) groups excluding carboxylic acids is 1. The molecule has 2 aromatic heterocycles. The van der Waals surface area contributed by atoms with E-state index < -0.39 is 0 Å². The van der Waals surface area contributed by atoms with E-state index in [1.54, 1.807) is 19.2 Å². The molecule has 1 atom stereocenters. The quantitative estimate of drug-likeness (QED) is 0.483. The molecule has 0 aliphatic rings. The van der Waals surface area contributed by atoms with E-state index in [0.717, 1.165) is 34.4 Å². The molecule has 0 saturated carbocycles. The first-order chi connectivity index (χ1) is 13.7. The van der Waals surface area contributed by atoms with Crippen molar-refractivity contribution in [1.29, 1.82) is 0 Å². The van der Waals surface area contributed by atoms with E-state index in [2.05, 4.69) is 39.3 Å². The van der Waals surface area contributed by atoms with Crippen molar-refractivity contribution in [3.05, 3.63) is 72.1 Å². The standard InChI is InChI=1S/C22H20N4O2/c1-14(16-6-4-3-5-7-16)25-21-18-11-19(26-22(18)24-13-23-21)17-9-8-15(12-27)10-20(17)28-2/h3-14H,1-2H3,(H2,23,24,25,26). The third-order valence-electron chi connectivity index (χ3n) is 4.73. The van der Waals surface area contributed by atoms with Gasteiger partial charge in [-0.1, -0.05) is 36.4 Å². The smallest absolute Gasteiger partial charge is 0.150 e. The molecule has 0 bridgehead atoms. The number of aromatic amines is 1. The SMILES string of the molecule is COc1cc(C=O)ccc1-c1cc2c(NC(C)c3ccccc3)ncnc2[nH]1. The topological polar surface area (TPSA) is 79.9 Å². The van der Waals surface area contributed by atoms with Crippen LogP contribution in [0, 0.1) is 0 Å². The molecule has 0 radical (unpaired) electrons. The van der Waals surface area contributed by atoms with E-state index in [1.165, 1.54) is 11.9 Å². The molecule has 0 fully saturated rings. The molecule has 4 aromatic rings. The first-order valence-corrected chi connectivity index (χ1v) is 8.98. The fraction of sp³-hybridized carbons (Fsp3) is 0.136. The Morgan fingerprint density at radius 2 is 1.93 bits per heavy atom. The molecule has 0 spiro atoms. The van der Waals surface area contributed by atoms with Crippen molar-refractivity contribution in [2.45, 2.75) is 13.0 Å². The van der Waals surface area contributed by atoms with E-state index in [4.69, 9.17) is 4.74 Å². The number of hydrogen-bond acceptors (Lipinski definition) is 5. The summed E-state index contributed by atoms with van der Waals surface area (Å²) in [6.07, 6.45) is 2.34. The van der Waals surface area contributed by atoms with Gasteiger partial charge in [-0.3, -0.25) is 4.79 Å². The number of H-pyrrole nitrogens is 1. The van der Waals surface area contributed by atoms with Crippen molar-refractivity contribution in [2.24, 2.45) is 0 Å². The number of hydrogen-bond donors (Lipinski definition) is 2. The lowest BCUT2D eigenvalue weighted by atomic mass is 10.1. The van der Waals surface area contributed by atoms with Crippen molar-refractivity contribution in [2.75, 3.05) is 12.4 Å². The largest absolute Gasteiger partial charge is 0.496 e. The highest BCUT2D eigenvalue weighted by Gasteiger charge is 2.14. The van der Waals surface area contributed by atoms with Crippen LogP contribution in [0.15, 0.2) is 60.9 Å². The zero-order chi connectivity index (χ0) is 19.5. The Kier molecular flexibility index (Phi) is 4.76. The van der Waals surface area contributed by atoms with Gasteiger partial charge in [-0.05, 0) is 30.7 Å².